The zero-order valence-electron chi connectivity index (χ0n) is 13.6. The van der Waals surface area contributed by atoms with Crippen LogP contribution in [0.3, 0.4) is 0 Å². The Morgan fingerprint density at radius 3 is 2.79 bits per heavy atom. The molecule has 0 spiro atoms. The van der Waals surface area contributed by atoms with Crippen LogP contribution in [-0.4, -0.2) is 54.7 Å². The van der Waals surface area contributed by atoms with Gasteiger partial charge >= 0.3 is 0 Å². The summed E-state index contributed by atoms with van der Waals surface area (Å²) in [4.78, 5) is 4.57. The third-order valence-electron chi connectivity index (χ3n) is 4.12. The molecule has 1 aliphatic rings. The summed E-state index contributed by atoms with van der Waals surface area (Å²) in [6.07, 6.45) is 1.78. The number of piperazine rings is 1. The smallest absolute Gasteiger partial charge is 0.168 e. The van der Waals surface area contributed by atoms with Crippen molar-refractivity contribution in [3.63, 3.8) is 0 Å². The molecule has 0 saturated carbocycles. The van der Waals surface area contributed by atoms with Crippen LogP contribution in [0.2, 0.25) is 5.02 Å². The number of nitrogens with zero attached hydrogens (tertiary/aromatic N) is 4. The third kappa shape index (κ3) is 4.04. The maximum absolute atomic E-state index is 9.40. The van der Waals surface area contributed by atoms with E-state index < -0.39 is 0 Å². The van der Waals surface area contributed by atoms with Crippen LogP contribution >= 0.6 is 11.6 Å². The van der Waals surface area contributed by atoms with E-state index in [0.717, 1.165) is 31.7 Å². The molecule has 0 N–H and O–H groups in total. The summed E-state index contributed by atoms with van der Waals surface area (Å²) in [5.74, 6) is 0.601. The fourth-order valence-corrected chi connectivity index (χ4v) is 2.91. The van der Waals surface area contributed by atoms with Gasteiger partial charge in [0.25, 0.3) is 0 Å². The molecule has 3 rings (SSSR count). The van der Waals surface area contributed by atoms with Gasteiger partial charge in [-0.25, -0.2) is 0 Å². The molecule has 24 heavy (non-hydrogen) atoms. The van der Waals surface area contributed by atoms with E-state index in [1.807, 2.05) is 30.3 Å². The summed E-state index contributed by atoms with van der Waals surface area (Å²) in [6, 6.07) is 11.5. The lowest BCUT2D eigenvalue weighted by atomic mass is 10.1. The topological polar surface area (TPSA) is 56.3 Å². The lowest BCUT2D eigenvalue weighted by molar-refractivity contribution is 0.165. The van der Waals surface area contributed by atoms with Gasteiger partial charge in [0.15, 0.2) is 5.76 Å². The van der Waals surface area contributed by atoms with Crippen molar-refractivity contribution in [1.29, 1.82) is 5.26 Å². The minimum atomic E-state index is 0.601. The fraction of sp³-hybridized carbons (Fsp3) is 0.333. The fourth-order valence-electron chi connectivity index (χ4n) is 2.68. The second kappa shape index (κ2) is 7.63. The van der Waals surface area contributed by atoms with Crippen molar-refractivity contribution in [2.24, 2.45) is 0 Å². The van der Waals surface area contributed by atoms with Gasteiger partial charge in [-0.3, -0.25) is 4.90 Å². The predicted molar refractivity (Wildman–Crippen MR) is 94.5 cm³/mol. The molecule has 0 aliphatic carbocycles. The molecule has 124 valence electrons. The van der Waals surface area contributed by atoms with E-state index in [1.165, 1.54) is 0 Å². The Kier molecular flexibility index (Phi) is 5.31. The number of halogens is 1. The molecular formula is C18H19ClN4O. The van der Waals surface area contributed by atoms with Crippen molar-refractivity contribution in [1.82, 2.24) is 15.0 Å². The highest BCUT2D eigenvalue weighted by Crippen LogP contribution is 2.28. The van der Waals surface area contributed by atoms with Crippen LogP contribution in [0, 0.1) is 11.3 Å². The highest BCUT2D eigenvalue weighted by atomic mass is 35.5. The Labute approximate surface area is 146 Å². The Hall–Kier alpha value is -2.13. The monoisotopic (exact) mass is 342 g/mol. The number of benzene rings is 1. The lowest BCUT2D eigenvalue weighted by Crippen LogP contribution is -2.44. The average molecular weight is 343 g/mol. The molecule has 1 fully saturated rings. The summed E-state index contributed by atoms with van der Waals surface area (Å²) in [5.41, 5.74) is 2.11. The van der Waals surface area contributed by atoms with Crippen molar-refractivity contribution >= 4 is 17.7 Å². The van der Waals surface area contributed by atoms with Crippen molar-refractivity contribution in [2.45, 2.75) is 0 Å². The molecule has 0 bridgehead atoms. The Balaban J connectivity index is 1.73. The zero-order chi connectivity index (χ0) is 16.9. The number of likely N-dealkylation sites (N-methyl/N-ethyl adjacent to an activating group) is 1. The molecule has 1 aliphatic heterocycles. The van der Waals surface area contributed by atoms with Gasteiger partial charge in [-0.1, -0.05) is 28.9 Å². The van der Waals surface area contributed by atoms with Gasteiger partial charge in [0.05, 0.1) is 11.1 Å². The average Bonchev–Trinajstić information content (AvgIpc) is 3.05. The van der Waals surface area contributed by atoms with E-state index in [2.05, 4.69) is 28.1 Å². The summed E-state index contributed by atoms with van der Waals surface area (Å²) in [7, 11) is 2.12. The second-order valence-corrected chi connectivity index (χ2v) is 6.36. The van der Waals surface area contributed by atoms with Crippen molar-refractivity contribution in [3.05, 3.63) is 46.6 Å². The van der Waals surface area contributed by atoms with E-state index in [0.29, 0.717) is 28.6 Å². The van der Waals surface area contributed by atoms with Crippen molar-refractivity contribution in [3.8, 4) is 17.4 Å². The van der Waals surface area contributed by atoms with Gasteiger partial charge in [-0.05, 0) is 25.3 Å². The molecule has 6 heteroatoms. The maximum Gasteiger partial charge on any atom is 0.168 e. The van der Waals surface area contributed by atoms with E-state index in [-0.39, 0.29) is 0 Å². The molecule has 1 aromatic heterocycles. The standard InChI is InChI=1S/C18H19ClN4O/c1-22-6-8-23(9-7-22)13-14(12-20)10-15-11-18(24-21-15)16-4-2-3-5-17(16)19/h2-5,10-11H,6-9,13H2,1H3. The van der Waals surface area contributed by atoms with Crippen LogP contribution in [0.15, 0.2) is 40.4 Å². The van der Waals surface area contributed by atoms with Crippen molar-refractivity contribution in [2.75, 3.05) is 39.8 Å². The summed E-state index contributed by atoms with van der Waals surface area (Å²) in [5, 5.41) is 14.1. The van der Waals surface area contributed by atoms with Crippen LogP contribution in [-0.2, 0) is 0 Å². The molecule has 5 nitrogen and oxygen atoms in total. The van der Waals surface area contributed by atoms with Gasteiger partial charge in [0.2, 0.25) is 0 Å². The first-order valence-corrected chi connectivity index (χ1v) is 8.26. The van der Waals surface area contributed by atoms with E-state index >= 15 is 0 Å². The summed E-state index contributed by atoms with van der Waals surface area (Å²) < 4.78 is 5.37. The van der Waals surface area contributed by atoms with Crippen LogP contribution in [0.5, 0.6) is 0 Å². The van der Waals surface area contributed by atoms with Crippen LogP contribution in [0.1, 0.15) is 5.69 Å². The van der Waals surface area contributed by atoms with Crippen molar-refractivity contribution < 1.29 is 4.52 Å². The van der Waals surface area contributed by atoms with Crippen LogP contribution in [0.25, 0.3) is 17.4 Å². The first-order chi connectivity index (χ1) is 11.7. The Morgan fingerprint density at radius 2 is 2.08 bits per heavy atom. The zero-order valence-corrected chi connectivity index (χ0v) is 14.3. The number of hydrogen-bond acceptors (Lipinski definition) is 5. The minimum absolute atomic E-state index is 0.601. The molecule has 0 unspecified atom stereocenters. The van der Waals surface area contributed by atoms with Gasteiger partial charge < -0.3 is 9.42 Å². The normalized spacial score (nSPS) is 17.0. The molecule has 0 radical (unpaired) electrons. The Morgan fingerprint density at radius 1 is 1.33 bits per heavy atom. The molecular weight excluding hydrogens is 324 g/mol. The quantitative estimate of drug-likeness (QED) is 0.799. The summed E-state index contributed by atoms with van der Waals surface area (Å²) >= 11 is 6.18. The van der Waals surface area contributed by atoms with Crippen LogP contribution < -0.4 is 0 Å². The molecule has 2 heterocycles. The number of rotatable bonds is 4. The van der Waals surface area contributed by atoms with E-state index in [1.54, 1.807) is 6.08 Å². The van der Waals surface area contributed by atoms with Gasteiger partial charge in [-0.2, -0.15) is 5.26 Å². The number of aromatic nitrogens is 1. The molecule has 0 amide bonds. The minimum Gasteiger partial charge on any atom is -0.356 e. The van der Waals surface area contributed by atoms with E-state index in [4.69, 9.17) is 16.1 Å². The molecule has 2 aromatic rings. The van der Waals surface area contributed by atoms with Gasteiger partial charge in [0.1, 0.15) is 5.69 Å². The molecule has 1 aromatic carbocycles. The molecule has 0 atom stereocenters. The number of nitriles is 1. The number of hydrogen-bond donors (Lipinski definition) is 0. The van der Waals surface area contributed by atoms with Crippen LogP contribution in [0.4, 0.5) is 0 Å². The lowest BCUT2D eigenvalue weighted by Gasteiger charge is -2.32. The SMILES string of the molecule is CN1CCN(CC(C#N)=Cc2cc(-c3ccccc3Cl)on2)CC1. The highest BCUT2D eigenvalue weighted by Gasteiger charge is 2.15. The van der Waals surface area contributed by atoms with E-state index in [9.17, 15) is 5.26 Å². The third-order valence-corrected chi connectivity index (χ3v) is 4.45. The molecule has 1 saturated heterocycles. The Bertz CT molecular complexity index is 769. The first-order valence-electron chi connectivity index (χ1n) is 7.89. The second-order valence-electron chi connectivity index (χ2n) is 5.96. The first kappa shape index (κ1) is 16.7. The van der Waals surface area contributed by atoms with Gasteiger partial charge in [0, 0.05) is 49.9 Å². The maximum atomic E-state index is 9.40. The highest BCUT2D eigenvalue weighted by molar-refractivity contribution is 6.33. The predicted octanol–water partition coefficient (Wildman–Crippen LogP) is 3.15. The largest absolute Gasteiger partial charge is 0.356 e. The summed E-state index contributed by atoms with van der Waals surface area (Å²) in [6.45, 7) is 4.63. The van der Waals surface area contributed by atoms with Gasteiger partial charge in [-0.15, -0.1) is 0 Å².